The molecule has 1 saturated heterocycles. The third kappa shape index (κ3) is 4.29. The predicted octanol–water partition coefficient (Wildman–Crippen LogP) is 1.76. The average Bonchev–Trinajstić information content (AvgIpc) is 2.45. The number of amides is 1. The molecule has 104 valence electrons. The molecule has 1 aliphatic heterocycles. The molecule has 1 aromatic carbocycles. The number of ether oxygens (including phenoxy) is 1. The van der Waals surface area contributed by atoms with Gasteiger partial charge in [-0.3, -0.25) is 9.59 Å². The first-order chi connectivity index (χ1) is 9.65. The summed E-state index contributed by atoms with van der Waals surface area (Å²) >= 11 is 5.76. The second-order valence-corrected chi connectivity index (χ2v) is 4.89. The van der Waals surface area contributed by atoms with Crippen molar-refractivity contribution in [2.45, 2.75) is 12.8 Å². The molecule has 1 unspecified atom stereocenters. The van der Waals surface area contributed by atoms with Gasteiger partial charge in [0.05, 0.1) is 5.92 Å². The summed E-state index contributed by atoms with van der Waals surface area (Å²) in [6.07, 6.45) is 0.818. The third-order valence-electron chi connectivity index (χ3n) is 2.94. The summed E-state index contributed by atoms with van der Waals surface area (Å²) in [7, 11) is 0. The highest BCUT2D eigenvalue weighted by molar-refractivity contribution is 6.30. The van der Waals surface area contributed by atoms with Gasteiger partial charge in [0.2, 0.25) is 5.91 Å². The highest BCUT2D eigenvalue weighted by Crippen LogP contribution is 2.14. The molecule has 0 radical (unpaired) electrons. The molecule has 1 amide bonds. The van der Waals surface area contributed by atoms with E-state index in [2.05, 4.69) is 17.2 Å². The van der Waals surface area contributed by atoms with E-state index in [1.165, 1.54) is 0 Å². The first-order valence-electron chi connectivity index (χ1n) is 6.33. The molecule has 1 atom stereocenters. The van der Waals surface area contributed by atoms with Crippen molar-refractivity contribution in [2.75, 3.05) is 13.2 Å². The van der Waals surface area contributed by atoms with E-state index < -0.39 is 0 Å². The van der Waals surface area contributed by atoms with Crippen LogP contribution in [0.2, 0.25) is 5.02 Å². The fourth-order valence-electron chi connectivity index (χ4n) is 1.88. The van der Waals surface area contributed by atoms with Crippen molar-refractivity contribution in [2.24, 2.45) is 5.92 Å². The molecule has 1 aliphatic rings. The molecule has 0 spiro atoms. The minimum absolute atomic E-state index is 0.0274. The monoisotopic (exact) mass is 291 g/mol. The number of hydrogen-bond acceptors (Lipinski definition) is 3. The van der Waals surface area contributed by atoms with Crippen LogP contribution >= 0.6 is 11.6 Å². The van der Waals surface area contributed by atoms with Gasteiger partial charge in [-0.2, -0.15) is 0 Å². The zero-order valence-electron chi connectivity index (χ0n) is 10.8. The van der Waals surface area contributed by atoms with Crippen LogP contribution < -0.4 is 5.32 Å². The van der Waals surface area contributed by atoms with Crippen molar-refractivity contribution >= 4 is 23.5 Å². The van der Waals surface area contributed by atoms with Gasteiger partial charge in [0.15, 0.2) is 6.61 Å². The molecule has 0 bridgehead atoms. The lowest BCUT2D eigenvalue weighted by molar-refractivity contribution is -0.150. The van der Waals surface area contributed by atoms with Gasteiger partial charge in [-0.25, -0.2) is 0 Å². The lowest BCUT2D eigenvalue weighted by atomic mass is 9.98. The Morgan fingerprint density at radius 1 is 1.40 bits per heavy atom. The quantitative estimate of drug-likeness (QED) is 0.667. The van der Waals surface area contributed by atoms with Crippen LogP contribution in [0.5, 0.6) is 0 Å². The number of hydrogen-bond donors (Lipinski definition) is 1. The van der Waals surface area contributed by atoms with Gasteiger partial charge < -0.3 is 10.1 Å². The van der Waals surface area contributed by atoms with Gasteiger partial charge in [0.1, 0.15) is 0 Å². The van der Waals surface area contributed by atoms with Crippen molar-refractivity contribution in [3.8, 4) is 11.8 Å². The van der Waals surface area contributed by atoms with Crippen LogP contribution in [-0.2, 0) is 14.3 Å². The zero-order chi connectivity index (χ0) is 14.4. The minimum atomic E-state index is -0.356. The minimum Gasteiger partial charge on any atom is -0.452 e. The molecule has 1 fully saturated rings. The third-order valence-corrected chi connectivity index (χ3v) is 3.20. The first-order valence-corrected chi connectivity index (χ1v) is 6.71. The molecule has 1 aromatic rings. The Labute approximate surface area is 122 Å². The lowest BCUT2D eigenvalue weighted by Gasteiger charge is -2.19. The van der Waals surface area contributed by atoms with E-state index in [1.807, 2.05) is 0 Å². The molecule has 1 heterocycles. The van der Waals surface area contributed by atoms with E-state index in [1.54, 1.807) is 24.3 Å². The summed E-state index contributed by atoms with van der Waals surface area (Å²) < 4.78 is 5.06. The summed E-state index contributed by atoms with van der Waals surface area (Å²) in [4.78, 5) is 22.9. The van der Waals surface area contributed by atoms with E-state index >= 15 is 0 Å². The summed E-state index contributed by atoms with van der Waals surface area (Å²) in [5.74, 6) is 4.83. The normalized spacial score (nSPS) is 17.6. The second kappa shape index (κ2) is 6.97. The summed E-state index contributed by atoms with van der Waals surface area (Å²) in [5, 5.41) is 3.33. The van der Waals surface area contributed by atoms with Crippen molar-refractivity contribution in [3.63, 3.8) is 0 Å². The molecule has 5 heteroatoms. The SMILES string of the molecule is O=C1CC(C(=O)OCC#Cc2ccc(Cl)cc2)CCN1. The maximum absolute atomic E-state index is 11.7. The number of rotatable bonds is 2. The summed E-state index contributed by atoms with van der Waals surface area (Å²) in [6, 6.07) is 7.09. The Kier molecular flexibility index (Phi) is 5.03. The second-order valence-electron chi connectivity index (χ2n) is 4.46. The summed E-state index contributed by atoms with van der Waals surface area (Å²) in [6.45, 7) is 0.550. The molecule has 20 heavy (non-hydrogen) atoms. The van der Waals surface area contributed by atoms with Crippen LogP contribution in [0.15, 0.2) is 24.3 Å². The van der Waals surface area contributed by atoms with E-state index in [4.69, 9.17) is 16.3 Å². The van der Waals surface area contributed by atoms with E-state index in [-0.39, 0.29) is 30.8 Å². The predicted molar refractivity (Wildman–Crippen MR) is 75.0 cm³/mol. The van der Waals surface area contributed by atoms with Crippen molar-refractivity contribution in [3.05, 3.63) is 34.9 Å². The number of benzene rings is 1. The van der Waals surface area contributed by atoms with Gasteiger partial charge in [0, 0.05) is 23.6 Å². The fraction of sp³-hybridized carbons (Fsp3) is 0.333. The largest absolute Gasteiger partial charge is 0.452 e. The standard InChI is InChI=1S/C15H14ClNO3/c16-13-5-3-11(4-6-13)2-1-9-20-15(19)12-7-8-17-14(18)10-12/h3-6,12H,7-10H2,(H,17,18). The number of carbonyl (C=O) groups excluding carboxylic acids is 2. The molecule has 0 aliphatic carbocycles. The summed E-state index contributed by atoms with van der Waals surface area (Å²) in [5.41, 5.74) is 0.808. The van der Waals surface area contributed by atoms with Crippen molar-refractivity contribution in [1.29, 1.82) is 0 Å². The van der Waals surface area contributed by atoms with Crippen LogP contribution in [0.25, 0.3) is 0 Å². The smallest absolute Gasteiger partial charge is 0.310 e. The van der Waals surface area contributed by atoms with E-state index in [9.17, 15) is 9.59 Å². The van der Waals surface area contributed by atoms with Crippen LogP contribution in [0, 0.1) is 17.8 Å². The van der Waals surface area contributed by atoms with Gasteiger partial charge >= 0.3 is 5.97 Å². The van der Waals surface area contributed by atoms with Gasteiger partial charge in [-0.05, 0) is 30.7 Å². The van der Waals surface area contributed by atoms with Crippen LogP contribution in [0.4, 0.5) is 0 Å². The average molecular weight is 292 g/mol. The van der Waals surface area contributed by atoms with Crippen LogP contribution in [0.1, 0.15) is 18.4 Å². The molecule has 2 rings (SSSR count). The van der Waals surface area contributed by atoms with Crippen LogP contribution in [0.3, 0.4) is 0 Å². The highest BCUT2D eigenvalue weighted by atomic mass is 35.5. The van der Waals surface area contributed by atoms with E-state index in [0.717, 1.165) is 5.56 Å². The topological polar surface area (TPSA) is 55.4 Å². The number of esters is 1. The van der Waals surface area contributed by atoms with E-state index in [0.29, 0.717) is 18.0 Å². The molecule has 4 nitrogen and oxygen atoms in total. The highest BCUT2D eigenvalue weighted by Gasteiger charge is 2.26. The van der Waals surface area contributed by atoms with Gasteiger partial charge in [-0.15, -0.1) is 0 Å². The maximum Gasteiger partial charge on any atom is 0.310 e. The molecular formula is C15H14ClNO3. The Morgan fingerprint density at radius 3 is 2.85 bits per heavy atom. The Hall–Kier alpha value is -1.99. The van der Waals surface area contributed by atoms with Crippen LogP contribution in [-0.4, -0.2) is 25.0 Å². The lowest BCUT2D eigenvalue weighted by Crippen LogP contribution is -2.37. The van der Waals surface area contributed by atoms with Gasteiger partial charge in [-0.1, -0.05) is 23.4 Å². The van der Waals surface area contributed by atoms with Gasteiger partial charge in [0.25, 0.3) is 0 Å². The number of piperidine rings is 1. The van der Waals surface area contributed by atoms with Crippen molar-refractivity contribution in [1.82, 2.24) is 5.32 Å². The Bertz CT molecular complexity index is 557. The molecular weight excluding hydrogens is 278 g/mol. The number of carbonyl (C=O) groups is 2. The zero-order valence-corrected chi connectivity index (χ0v) is 11.6. The fourth-order valence-corrected chi connectivity index (χ4v) is 2.01. The molecule has 1 N–H and O–H groups in total. The number of nitrogens with one attached hydrogen (secondary N) is 1. The molecule has 0 saturated carbocycles. The maximum atomic E-state index is 11.7. The molecule has 0 aromatic heterocycles. The Morgan fingerprint density at radius 2 is 2.15 bits per heavy atom. The number of halogens is 1. The Balaban J connectivity index is 1.79. The first kappa shape index (κ1) is 14.4. The van der Waals surface area contributed by atoms with Crippen molar-refractivity contribution < 1.29 is 14.3 Å².